The molecule has 0 bridgehead atoms. The molecule has 2 aliphatic rings. The zero-order valence-electron chi connectivity index (χ0n) is 30.8. The predicted octanol–water partition coefficient (Wildman–Crippen LogP) is -0.342. The number of nitrogens with two attached hydrogens (primary N) is 1. The summed E-state index contributed by atoms with van der Waals surface area (Å²) in [5.74, 6) is -8.47. The first-order valence-corrected chi connectivity index (χ1v) is 18.2. The maximum atomic E-state index is 13.4. The van der Waals surface area contributed by atoms with Crippen LogP contribution in [-0.4, -0.2) is 124 Å². The molecule has 0 unspecified atom stereocenters. The zero-order valence-corrected chi connectivity index (χ0v) is 30.8. The minimum absolute atomic E-state index is 0.00768. The largest absolute Gasteiger partial charge is 0.481 e. The van der Waals surface area contributed by atoms with Gasteiger partial charge < -0.3 is 57.3 Å². The highest BCUT2D eigenvalue weighted by atomic mass is 16.5. The van der Waals surface area contributed by atoms with Gasteiger partial charge in [-0.2, -0.15) is 0 Å². The number of alkyl carbamates (subject to hydrolysis) is 1. The van der Waals surface area contributed by atoms with Gasteiger partial charge in [0.15, 0.2) is 5.96 Å². The SMILES string of the molecule is N=C(N)NCCC[C@H](NC(=O)CNC(=O)[C@H](CC(=O)O)NC(=O)[C@H](CCC(=O)O)NC(=O)OCC1c2ccccc2-c2ccccc21)C(=O)N1CCC[C@H]1C(=O)O. The highest BCUT2D eigenvalue weighted by Crippen LogP contribution is 2.44. The average Bonchev–Trinajstić information content (AvgIpc) is 3.79. The second-order valence-corrected chi connectivity index (χ2v) is 13.5. The molecule has 0 saturated carbocycles. The smallest absolute Gasteiger partial charge is 0.407 e. The molecule has 4 atom stereocenters. The zero-order chi connectivity index (χ0) is 41.6. The van der Waals surface area contributed by atoms with Gasteiger partial charge in [0.2, 0.25) is 23.6 Å². The standard InChI is InChI=1S/C37H46N8O12/c38-36(39)40-15-5-11-26(34(53)45-16-6-12-28(45)35(54)55)42-29(46)18-41-32(51)27(17-31(49)50)43-33(52)25(13-14-30(47)48)44-37(56)57-19-24-22-9-3-1-7-20(22)21-8-2-4-10-23(21)24/h1-4,7-10,24-28H,5-6,11-19H2,(H,41,51)(H,42,46)(H,43,52)(H,44,56)(H,47,48)(H,49,50)(H,54,55)(H4,38,39,40)/t25-,26-,27-,28-/m0/s1. The van der Waals surface area contributed by atoms with Crippen molar-refractivity contribution in [3.05, 3.63) is 59.7 Å². The van der Waals surface area contributed by atoms with Gasteiger partial charge in [-0.25, -0.2) is 9.59 Å². The van der Waals surface area contributed by atoms with E-state index in [1.165, 1.54) is 0 Å². The van der Waals surface area contributed by atoms with Crippen molar-refractivity contribution in [1.82, 2.24) is 31.5 Å². The summed E-state index contributed by atoms with van der Waals surface area (Å²) in [4.78, 5) is 102. The molecule has 11 N–H and O–H groups in total. The van der Waals surface area contributed by atoms with E-state index in [9.17, 15) is 53.7 Å². The van der Waals surface area contributed by atoms with E-state index < -0.39 is 97.6 Å². The Labute approximate surface area is 326 Å². The molecule has 0 radical (unpaired) electrons. The molecule has 1 fully saturated rings. The number of ether oxygens (including phenoxy) is 1. The molecule has 1 heterocycles. The molecule has 5 amide bonds. The number of carboxylic acid groups (broad SMARTS) is 3. The van der Waals surface area contributed by atoms with Crippen LogP contribution in [-0.2, 0) is 38.3 Å². The van der Waals surface area contributed by atoms with Crippen LogP contribution in [0.5, 0.6) is 0 Å². The van der Waals surface area contributed by atoms with Crippen LogP contribution in [0.25, 0.3) is 11.1 Å². The van der Waals surface area contributed by atoms with Crippen LogP contribution in [0.2, 0.25) is 0 Å². The van der Waals surface area contributed by atoms with E-state index in [2.05, 4.69) is 26.6 Å². The number of rotatable bonds is 20. The summed E-state index contributed by atoms with van der Waals surface area (Å²) in [6.07, 6.45) is -2.19. The monoisotopic (exact) mass is 794 g/mol. The van der Waals surface area contributed by atoms with Crippen LogP contribution < -0.4 is 32.3 Å². The molecule has 4 rings (SSSR count). The summed E-state index contributed by atoms with van der Waals surface area (Å²) in [5, 5.41) is 47.3. The fourth-order valence-electron chi connectivity index (χ4n) is 6.79. The van der Waals surface area contributed by atoms with Crippen molar-refractivity contribution < 1.29 is 58.4 Å². The molecule has 20 nitrogen and oxygen atoms in total. The number of carbonyl (C=O) groups is 8. The third kappa shape index (κ3) is 12.1. The summed E-state index contributed by atoms with van der Waals surface area (Å²) in [7, 11) is 0. The van der Waals surface area contributed by atoms with Crippen LogP contribution in [0, 0.1) is 5.41 Å². The molecule has 2 aromatic carbocycles. The summed E-state index contributed by atoms with van der Waals surface area (Å²) in [5.41, 5.74) is 9.08. The molecular formula is C37H46N8O12. The Morgan fingerprint density at radius 3 is 2.05 bits per heavy atom. The number of aliphatic carboxylic acids is 3. The van der Waals surface area contributed by atoms with E-state index in [4.69, 9.17) is 15.9 Å². The van der Waals surface area contributed by atoms with Crippen LogP contribution >= 0.6 is 0 Å². The lowest BCUT2D eigenvalue weighted by Gasteiger charge is -2.27. The van der Waals surface area contributed by atoms with Gasteiger partial charge in [0.25, 0.3) is 0 Å². The summed E-state index contributed by atoms with van der Waals surface area (Å²) >= 11 is 0. The number of amides is 5. The van der Waals surface area contributed by atoms with Crippen molar-refractivity contribution in [2.24, 2.45) is 5.73 Å². The molecule has 2 aromatic rings. The average molecular weight is 795 g/mol. The van der Waals surface area contributed by atoms with E-state index in [1.807, 2.05) is 48.5 Å². The molecule has 306 valence electrons. The molecule has 0 aromatic heterocycles. The Hall–Kier alpha value is -6.73. The number of hydrogen-bond acceptors (Lipinski definition) is 10. The third-order valence-electron chi connectivity index (χ3n) is 9.47. The lowest BCUT2D eigenvalue weighted by molar-refractivity contribution is -0.149. The van der Waals surface area contributed by atoms with Crippen LogP contribution in [0.1, 0.15) is 62.0 Å². The van der Waals surface area contributed by atoms with E-state index in [-0.39, 0.29) is 50.8 Å². The summed E-state index contributed by atoms with van der Waals surface area (Å²) < 4.78 is 5.48. The van der Waals surface area contributed by atoms with Gasteiger partial charge in [0, 0.05) is 25.4 Å². The molecule has 1 saturated heterocycles. The number of nitrogens with zero attached hydrogens (tertiary/aromatic N) is 1. The summed E-state index contributed by atoms with van der Waals surface area (Å²) in [6, 6.07) is 9.48. The number of carboxylic acids is 3. The minimum Gasteiger partial charge on any atom is -0.481 e. The lowest BCUT2D eigenvalue weighted by atomic mass is 9.98. The van der Waals surface area contributed by atoms with Crippen molar-refractivity contribution >= 4 is 53.6 Å². The summed E-state index contributed by atoms with van der Waals surface area (Å²) in [6.45, 7) is -0.610. The van der Waals surface area contributed by atoms with Gasteiger partial charge in [0.05, 0.1) is 13.0 Å². The Kier molecular flexibility index (Phi) is 15.3. The molecular weight excluding hydrogens is 748 g/mol. The minimum atomic E-state index is -1.80. The van der Waals surface area contributed by atoms with E-state index >= 15 is 0 Å². The number of benzene rings is 2. The topological polar surface area (TPSA) is 320 Å². The normalized spacial score (nSPS) is 15.8. The van der Waals surface area contributed by atoms with Gasteiger partial charge in [-0.3, -0.25) is 34.2 Å². The van der Waals surface area contributed by atoms with Crippen LogP contribution in [0.4, 0.5) is 4.79 Å². The second kappa shape index (κ2) is 20.3. The number of carbonyl (C=O) groups excluding carboxylic acids is 5. The molecule has 57 heavy (non-hydrogen) atoms. The van der Waals surface area contributed by atoms with Gasteiger partial charge in [-0.05, 0) is 54.4 Å². The first kappa shape index (κ1) is 43.0. The van der Waals surface area contributed by atoms with E-state index in [0.717, 1.165) is 27.2 Å². The quantitative estimate of drug-likeness (QED) is 0.0466. The van der Waals surface area contributed by atoms with Gasteiger partial charge in [-0.15, -0.1) is 0 Å². The fourth-order valence-corrected chi connectivity index (χ4v) is 6.79. The Bertz CT molecular complexity index is 1830. The lowest BCUT2D eigenvalue weighted by Crippen LogP contribution is -2.56. The maximum Gasteiger partial charge on any atom is 0.407 e. The van der Waals surface area contributed by atoms with Crippen LogP contribution in [0.15, 0.2) is 48.5 Å². The van der Waals surface area contributed by atoms with Crippen molar-refractivity contribution in [2.75, 3.05) is 26.2 Å². The molecule has 20 heteroatoms. The first-order chi connectivity index (χ1) is 27.2. The highest BCUT2D eigenvalue weighted by Gasteiger charge is 2.38. The van der Waals surface area contributed by atoms with E-state index in [1.54, 1.807) is 0 Å². The Morgan fingerprint density at radius 2 is 1.46 bits per heavy atom. The number of likely N-dealkylation sites (tertiary alicyclic amines) is 1. The molecule has 1 aliphatic heterocycles. The van der Waals surface area contributed by atoms with Crippen molar-refractivity contribution in [3.8, 4) is 11.1 Å². The number of guanidine groups is 1. The van der Waals surface area contributed by atoms with Gasteiger partial charge in [-0.1, -0.05) is 48.5 Å². The van der Waals surface area contributed by atoms with E-state index in [0.29, 0.717) is 6.42 Å². The maximum absolute atomic E-state index is 13.4. The van der Waals surface area contributed by atoms with Gasteiger partial charge >= 0.3 is 24.0 Å². The Balaban J connectivity index is 1.38. The fraction of sp³-hybridized carbons (Fsp3) is 0.432. The van der Waals surface area contributed by atoms with Crippen LogP contribution in [0.3, 0.4) is 0 Å². The second-order valence-electron chi connectivity index (χ2n) is 13.5. The first-order valence-electron chi connectivity index (χ1n) is 18.2. The highest BCUT2D eigenvalue weighted by molar-refractivity contribution is 5.96. The number of hydrogen-bond donors (Lipinski definition) is 10. The van der Waals surface area contributed by atoms with Crippen molar-refractivity contribution in [1.29, 1.82) is 5.41 Å². The molecule has 0 spiro atoms. The third-order valence-corrected chi connectivity index (χ3v) is 9.47. The van der Waals surface area contributed by atoms with Gasteiger partial charge in [0.1, 0.15) is 30.8 Å². The van der Waals surface area contributed by atoms with Crippen molar-refractivity contribution in [3.63, 3.8) is 0 Å². The number of fused-ring (bicyclic) bond motifs is 3. The molecule has 1 aliphatic carbocycles. The van der Waals surface area contributed by atoms with Crippen molar-refractivity contribution in [2.45, 2.75) is 75.0 Å². The predicted molar refractivity (Wildman–Crippen MR) is 200 cm³/mol. The number of nitrogens with one attached hydrogen (secondary N) is 6. The Morgan fingerprint density at radius 1 is 0.807 bits per heavy atom.